The lowest BCUT2D eigenvalue weighted by Crippen LogP contribution is -2.22. The molecule has 1 aliphatic heterocycles. The smallest absolute Gasteiger partial charge is 0.229 e. The molecular formula is C20H22BrNO4S. The van der Waals surface area contributed by atoms with Crippen LogP contribution in [0.4, 0.5) is 5.69 Å². The molecule has 2 aromatic carbocycles. The lowest BCUT2D eigenvalue weighted by Gasteiger charge is -2.27. The van der Waals surface area contributed by atoms with Crippen molar-refractivity contribution in [1.82, 2.24) is 0 Å². The topological polar surface area (TPSA) is 75.6 Å². The number of halogens is 1. The number of anilines is 1. The van der Waals surface area contributed by atoms with Crippen LogP contribution < -0.4 is 9.46 Å². The van der Waals surface area contributed by atoms with Crippen molar-refractivity contribution in [3.05, 3.63) is 57.6 Å². The molecule has 27 heavy (non-hydrogen) atoms. The summed E-state index contributed by atoms with van der Waals surface area (Å²) in [5.74, 6) is 0.606. The van der Waals surface area contributed by atoms with Gasteiger partial charge in [-0.3, -0.25) is 4.72 Å². The summed E-state index contributed by atoms with van der Waals surface area (Å²) in [4.78, 5) is 0. The van der Waals surface area contributed by atoms with Gasteiger partial charge < -0.3 is 9.84 Å². The molecule has 0 bridgehead atoms. The Morgan fingerprint density at radius 3 is 2.33 bits per heavy atom. The SMILES string of the molecule is CC(C)(C)c1cc(Br)c2c(c1)C=C(c1ccc(NS(C)(=O)=O)cc1)C(O)O2. The molecule has 1 aliphatic rings. The number of nitrogens with one attached hydrogen (secondary N) is 1. The number of benzene rings is 2. The molecule has 2 N–H and O–H groups in total. The fourth-order valence-electron chi connectivity index (χ4n) is 2.86. The average molecular weight is 452 g/mol. The summed E-state index contributed by atoms with van der Waals surface area (Å²) in [7, 11) is -3.33. The van der Waals surface area contributed by atoms with Crippen molar-refractivity contribution in [2.45, 2.75) is 32.5 Å². The van der Waals surface area contributed by atoms with E-state index in [0.717, 1.165) is 27.4 Å². The third-order valence-corrected chi connectivity index (χ3v) is 5.46. The van der Waals surface area contributed by atoms with Crippen LogP contribution in [0.1, 0.15) is 37.5 Å². The minimum absolute atomic E-state index is 0.0272. The summed E-state index contributed by atoms with van der Waals surface area (Å²) >= 11 is 3.54. The maximum atomic E-state index is 11.3. The van der Waals surface area contributed by atoms with Crippen LogP contribution in [0.5, 0.6) is 5.75 Å². The highest BCUT2D eigenvalue weighted by Gasteiger charge is 2.26. The number of hydrogen-bond acceptors (Lipinski definition) is 4. The van der Waals surface area contributed by atoms with Gasteiger partial charge in [-0.05, 0) is 62.8 Å². The largest absolute Gasteiger partial charge is 0.459 e. The number of fused-ring (bicyclic) bond motifs is 1. The summed E-state index contributed by atoms with van der Waals surface area (Å²) < 4.78 is 31.6. The number of aliphatic hydroxyl groups is 1. The number of ether oxygens (including phenoxy) is 1. The Bertz CT molecular complexity index is 1010. The zero-order chi connectivity index (χ0) is 20.0. The Kier molecular flexibility index (Phi) is 5.14. The van der Waals surface area contributed by atoms with E-state index in [-0.39, 0.29) is 5.41 Å². The van der Waals surface area contributed by atoms with E-state index in [0.29, 0.717) is 17.0 Å². The van der Waals surface area contributed by atoms with E-state index in [2.05, 4.69) is 47.5 Å². The lowest BCUT2D eigenvalue weighted by molar-refractivity contribution is 0.0313. The van der Waals surface area contributed by atoms with Gasteiger partial charge in [-0.25, -0.2) is 8.42 Å². The first-order chi connectivity index (χ1) is 12.4. The number of sulfonamides is 1. The van der Waals surface area contributed by atoms with Crippen LogP contribution in [-0.4, -0.2) is 26.1 Å². The number of hydrogen-bond donors (Lipinski definition) is 2. The van der Waals surface area contributed by atoms with Crippen LogP contribution in [-0.2, 0) is 15.4 Å². The summed E-state index contributed by atoms with van der Waals surface area (Å²) in [6, 6.07) is 10.9. The second-order valence-electron chi connectivity index (χ2n) is 7.65. The lowest BCUT2D eigenvalue weighted by atomic mass is 9.85. The van der Waals surface area contributed by atoms with Crippen molar-refractivity contribution in [2.24, 2.45) is 0 Å². The van der Waals surface area contributed by atoms with E-state index < -0.39 is 16.3 Å². The number of rotatable bonds is 3. The van der Waals surface area contributed by atoms with Gasteiger partial charge in [0, 0.05) is 16.8 Å². The fourth-order valence-corrected chi connectivity index (χ4v) is 4.00. The van der Waals surface area contributed by atoms with Crippen LogP contribution >= 0.6 is 15.9 Å². The van der Waals surface area contributed by atoms with E-state index in [1.165, 1.54) is 0 Å². The van der Waals surface area contributed by atoms with E-state index in [9.17, 15) is 13.5 Å². The minimum atomic E-state index is -3.33. The first-order valence-electron chi connectivity index (χ1n) is 8.42. The van der Waals surface area contributed by atoms with Crippen LogP contribution in [0.2, 0.25) is 0 Å². The molecule has 0 fully saturated rings. The van der Waals surface area contributed by atoms with Crippen LogP contribution in [0, 0.1) is 0 Å². The highest BCUT2D eigenvalue weighted by Crippen LogP contribution is 2.41. The molecule has 3 rings (SSSR count). The maximum absolute atomic E-state index is 11.3. The van der Waals surface area contributed by atoms with Gasteiger partial charge in [-0.2, -0.15) is 0 Å². The molecule has 0 radical (unpaired) electrons. The van der Waals surface area contributed by atoms with Crippen molar-refractivity contribution >= 4 is 43.3 Å². The van der Waals surface area contributed by atoms with Crippen molar-refractivity contribution in [3.8, 4) is 5.75 Å². The fraction of sp³-hybridized carbons (Fsp3) is 0.300. The predicted octanol–water partition coefficient (Wildman–Crippen LogP) is 4.37. The molecule has 0 spiro atoms. The molecule has 1 atom stereocenters. The summed E-state index contributed by atoms with van der Waals surface area (Å²) in [5.41, 5.74) is 3.84. The van der Waals surface area contributed by atoms with Crippen molar-refractivity contribution < 1.29 is 18.3 Å². The van der Waals surface area contributed by atoms with Gasteiger partial charge in [0.05, 0.1) is 10.7 Å². The Labute approximate surface area is 168 Å². The Balaban J connectivity index is 2.01. The van der Waals surface area contributed by atoms with Gasteiger partial charge >= 0.3 is 0 Å². The van der Waals surface area contributed by atoms with Gasteiger partial charge in [0.25, 0.3) is 0 Å². The van der Waals surface area contributed by atoms with Gasteiger partial charge in [-0.15, -0.1) is 0 Å². The minimum Gasteiger partial charge on any atom is -0.459 e. The molecule has 144 valence electrons. The molecule has 0 saturated heterocycles. The van der Waals surface area contributed by atoms with Crippen LogP contribution in [0.25, 0.3) is 11.6 Å². The molecule has 0 aromatic heterocycles. The second kappa shape index (κ2) is 6.96. The second-order valence-corrected chi connectivity index (χ2v) is 10.3. The van der Waals surface area contributed by atoms with E-state index in [4.69, 9.17) is 4.74 Å². The molecular weight excluding hydrogens is 430 g/mol. The summed E-state index contributed by atoms with van der Waals surface area (Å²) in [6.07, 6.45) is 1.90. The Morgan fingerprint density at radius 2 is 1.78 bits per heavy atom. The van der Waals surface area contributed by atoms with Crippen molar-refractivity contribution in [1.29, 1.82) is 0 Å². The standard InChI is InChI=1S/C20H22BrNO4S/c1-20(2,3)14-9-13-10-16(19(23)26-18(13)17(21)11-14)12-5-7-15(8-6-12)22-27(4,24)25/h5-11,19,22-23H,1-4H3. The molecule has 0 amide bonds. The summed E-state index contributed by atoms with van der Waals surface area (Å²) in [5, 5.41) is 10.5. The quantitative estimate of drug-likeness (QED) is 0.726. The van der Waals surface area contributed by atoms with E-state index >= 15 is 0 Å². The van der Waals surface area contributed by atoms with E-state index in [1.807, 2.05) is 12.1 Å². The zero-order valence-electron chi connectivity index (χ0n) is 15.6. The van der Waals surface area contributed by atoms with Gasteiger partial charge in [0.2, 0.25) is 16.3 Å². The molecule has 5 nitrogen and oxygen atoms in total. The van der Waals surface area contributed by atoms with E-state index in [1.54, 1.807) is 24.3 Å². The monoisotopic (exact) mass is 451 g/mol. The maximum Gasteiger partial charge on any atom is 0.229 e. The molecule has 2 aromatic rings. The molecule has 1 unspecified atom stereocenters. The highest BCUT2D eigenvalue weighted by molar-refractivity contribution is 9.10. The van der Waals surface area contributed by atoms with Crippen molar-refractivity contribution in [2.75, 3.05) is 11.0 Å². The molecule has 0 saturated carbocycles. The molecule has 1 heterocycles. The zero-order valence-corrected chi connectivity index (χ0v) is 18.0. The van der Waals surface area contributed by atoms with Gasteiger partial charge in [0.15, 0.2) is 0 Å². The van der Waals surface area contributed by atoms with Gasteiger partial charge in [-0.1, -0.05) is 32.9 Å². The normalized spacial score (nSPS) is 17.0. The third-order valence-electron chi connectivity index (χ3n) is 4.27. The molecule has 0 aliphatic carbocycles. The molecule has 7 heteroatoms. The Morgan fingerprint density at radius 1 is 1.15 bits per heavy atom. The first-order valence-corrected chi connectivity index (χ1v) is 11.1. The summed E-state index contributed by atoms with van der Waals surface area (Å²) in [6.45, 7) is 6.41. The van der Waals surface area contributed by atoms with Crippen molar-refractivity contribution in [3.63, 3.8) is 0 Å². The first kappa shape index (κ1) is 19.9. The predicted molar refractivity (Wildman–Crippen MR) is 112 cm³/mol. The average Bonchev–Trinajstić information content (AvgIpc) is 2.53. The van der Waals surface area contributed by atoms with Crippen LogP contribution in [0.15, 0.2) is 40.9 Å². The van der Waals surface area contributed by atoms with Crippen LogP contribution in [0.3, 0.4) is 0 Å². The number of aliphatic hydroxyl groups excluding tert-OH is 1. The highest BCUT2D eigenvalue weighted by atomic mass is 79.9. The van der Waals surface area contributed by atoms with Gasteiger partial charge in [0.1, 0.15) is 5.75 Å². The third kappa shape index (κ3) is 4.54. The Hall–Kier alpha value is -1.83.